The van der Waals surface area contributed by atoms with Crippen LogP contribution in [0.25, 0.3) is 11.1 Å². The monoisotopic (exact) mass is 315 g/mol. The molecule has 3 aromatic rings. The predicted octanol–water partition coefficient (Wildman–Crippen LogP) is 5.54. The maximum Gasteiger partial charge on any atom is 0.118 e. The summed E-state index contributed by atoms with van der Waals surface area (Å²) in [6.07, 6.45) is 1.94. The van der Waals surface area contributed by atoms with E-state index in [0.29, 0.717) is 0 Å². The molecule has 0 spiro atoms. The fourth-order valence-electron chi connectivity index (χ4n) is 2.56. The first kappa shape index (κ1) is 16.0. The molecule has 0 aliphatic heterocycles. The van der Waals surface area contributed by atoms with Gasteiger partial charge in [0.1, 0.15) is 5.75 Å². The molecular weight excluding hydrogens is 294 g/mol. The van der Waals surface area contributed by atoms with E-state index in [9.17, 15) is 0 Å². The number of aliphatic imine (C=N–C) groups is 1. The molecule has 2 nitrogen and oxygen atoms in total. The van der Waals surface area contributed by atoms with E-state index in [0.717, 1.165) is 11.3 Å². The highest BCUT2D eigenvalue weighted by Gasteiger charge is 2.01. The predicted molar refractivity (Wildman–Crippen MR) is 101 cm³/mol. The van der Waals surface area contributed by atoms with Gasteiger partial charge in [0.05, 0.1) is 13.2 Å². The molecule has 0 bridgehead atoms. The molecule has 0 saturated heterocycles. The van der Waals surface area contributed by atoms with Crippen molar-refractivity contribution in [3.63, 3.8) is 0 Å². The molecule has 0 fully saturated rings. The molecule has 0 unspecified atom stereocenters. The molecule has 0 aliphatic carbocycles. The second-order valence-corrected chi connectivity index (χ2v) is 5.72. The van der Waals surface area contributed by atoms with Gasteiger partial charge in [-0.25, -0.2) is 0 Å². The van der Waals surface area contributed by atoms with Gasteiger partial charge in [-0.15, -0.1) is 0 Å². The lowest BCUT2D eigenvalue weighted by atomic mass is 10.0. The lowest BCUT2D eigenvalue weighted by Gasteiger charge is -2.06. The molecule has 120 valence electrons. The summed E-state index contributed by atoms with van der Waals surface area (Å²) in [6, 6.07) is 27.0. The van der Waals surface area contributed by atoms with Crippen LogP contribution in [0.2, 0.25) is 0 Å². The van der Waals surface area contributed by atoms with E-state index < -0.39 is 0 Å². The van der Waals surface area contributed by atoms with Gasteiger partial charge in [-0.1, -0.05) is 66.7 Å². The number of nitrogens with zero attached hydrogens (tertiary/aromatic N) is 1. The summed E-state index contributed by atoms with van der Waals surface area (Å²) < 4.78 is 5.20. The fraction of sp³-hybridized carbons (Fsp3) is 0.136. The number of hydrogen-bond donors (Lipinski definition) is 0. The maximum absolute atomic E-state index is 5.20. The Labute approximate surface area is 143 Å². The van der Waals surface area contributed by atoms with E-state index in [2.05, 4.69) is 60.4 Å². The van der Waals surface area contributed by atoms with Gasteiger partial charge < -0.3 is 4.74 Å². The Morgan fingerprint density at radius 2 is 1.38 bits per heavy atom. The van der Waals surface area contributed by atoms with E-state index in [-0.39, 0.29) is 6.04 Å². The van der Waals surface area contributed by atoms with Crippen molar-refractivity contribution in [2.24, 2.45) is 4.99 Å². The van der Waals surface area contributed by atoms with Gasteiger partial charge >= 0.3 is 0 Å². The zero-order valence-corrected chi connectivity index (χ0v) is 14.0. The van der Waals surface area contributed by atoms with E-state index >= 15 is 0 Å². The van der Waals surface area contributed by atoms with Gasteiger partial charge in [0.15, 0.2) is 0 Å². The summed E-state index contributed by atoms with van der Waals surface area (Å²) in [6.45, 7) is 2.11. The third kappa shape index (κ3) is 3.90. The van der Waals surface area contributed by atoms with Crippen LogP contribution < -0.4 is 4.74 Å². The van der Waals surface area contributed by atoms with Crippen molar-refractivity contribution >= 4 is 6.21 Å². The lowest BCUT2D eigenvalue weighted by Crippen LogP contribution is -1.90. The van der Waals surface area contributed by atoms with Crippen molar-refractivity contribution in [3.8, 4) is 16.9 Å². The summed E-state index contributed by atoms with van der Waals surface area (Å²) in [5, 5.41) is 0. The van der Waals surface area contributed by atoms with Crippen LogP contribution in [0.3, 0.4) is 0 Å². The van der Waals surface area contributed by atoms with Gasteiger partial charge in [0.25, 0.3) is 0 Å². The first-order valence-electron chi connectivity index (χ1n) is 8.09. The summed E-state index contributed by atoms with van der Waals surface area (Å²) >= 11 is 0. The number of methoxy groups -OCH3 is 1. The Balaban J connectivity index is 1.71. The lowest BCUT2D eigenvalue weighted by molar-refractivity contribution is 0.415. The minimum atomic E-state index is 0.160. The average Bonchev–Trinajstić information content (AvgIpc) is 2.67. The molecule has 0 heterocycles. The molecule has 0 aliphatic rings. The van der Waals surface area contributed by atoms with Gasteiger partial charge in [0.2, 0.25) is 0 Å². The van der Waals surface area contributed by atoms with Crippen molar-refractivity contribution in [2.45, 2.75) is 13.0 Å². The largest absolute Gasteiger partial charge is 0.497 e. The second-order valence-electron chi connectivity index (χ2n) is 5.72. The van der Waals surface area contributed by atoms with Gasteiger partial charge in [-0.2, -0.15) is 0 Å². The molecule has 3 aromatic carbocycles. The van der Waals surface area contributed by atoms with E-state index in [1.807, 2.05) is 36.5 Å². The van der Waals surface area contributed by atoms with E-state index in [4.69, 9.17) is 4.74 Å². The molecule has 24 heavy (non-hydrogen) atoms. The smallest absolute Gasteiger partial charge is 0.118 e. The zero-order valence-electron chi connectivity index (χ0n) is 14.0. The highest BCUT2D eigenvalue weighted by Crippen LogP contribution is 2.22. The number of hydrogen-bond acceptors (Lipinski definition) is 2. The zero-order chi connectivity index (χ0) is 16.8. The quantitative estimate of drug-likeness (QED) is 0.566. The number of benzene rings is 3. The van der Waals surface area contributed by atoms with Crippen molar-refractivity contribution in [3.05, 3.63) is 90.0 Å². The topological polar surface area (TPSA) is 21.6 Å². The maximum atomic E-state index is 5.20. The standard InChI is InChI=1S/C22H21NO/c1-17(19-6-4-3-5-7-19)23-16-18-8-10-20(11-9-18)21-12-14-22(24-2)15-13-21/h3-17H,1-2H3/t17-/m0/s1. The minimum Gasteiger partial charge on any atom is -0.497 e. The van der Waals surface area contributed by atoms with Crippen molar-refractivity contribution in [2.75, 3.05) is 7.11 Å². The van der Waals surface area contributed by atoms with Gasteiger partial charge in [0, 0.05) is 6.21 Å². The Hall–Kier alpha value is -2.87. The molecule has 0 saturated carbocycles. The highest BCUT2D eigenvalue weighted by molar-refractivity contribution is 5.81. The van der Waals surface area contributed by atoms with E-state index in [1.54, 1.807) is 7.11 Å². The Morgan fingerprint density at radius 1 is 0.792 bits per heavy atom. The van der Waals surface area contributed by atoms with Crippen molar-refractivity contribution in [1.82, 2.24) is 0 Å². The van der Waals surface area contributed by atoms with Crippen LogP contribution in [0.15, 0.2) is 83.9 Å². The Kier molecular flexibility index (Phi) is 5.07. The van der Waals surface area contributed by atoms with Crippen LogP contribution in [-0.2, 0) is 0 Å². The third-order valence-electron chi connectivity index (χ3n) is 4.06. The molecule has 0 N–H and O–H groups in total. The molecule has 0 aromatic heterocycles. The highest BCUT2D eigenvalue weighted by atomic mass is 16.5. The molecule has 2 heteroatoms. The summed E-state index contributed by atoms with van der Waals surface area (Å²) in [4.78, 5) is 4.65. The van der Waals surface area contributed by atoms with Crippen LogP contribution in [0.4, 0.5) is 0 Å². The van der Waals surface area contributed by atoms with Crippen LogP contribution in [0.1, 0.15) is 24.1 Å². The molecular formula is C22H21NO. The van der Waals surface area contributed by atoms with Gasteiger partial charge in [-0.05, 0) is 41.3 Å². The van der Waals surface area contributed by atoms with Crippen LogP contribution >= 0.6 is 0 Å². The second kappa shape index (κ2) is 7.60. The molecule has 1 atom stereocenters. The summed E-state index contributed by atoms with van der Waals surface area (Å²) in [7, 11) is 1.68. The first-order chi connectivity index (χ1) is 11.8. The summed E-state index contributed by atoms with van der Waals surface area (Å²) in [5.74, 6) is 0.873. The van der Waals surface area contributed by atoms with E-state index in [1.165, 1.54) is 16.7 Å². The number of rotatable bonds is 5. The SMILES string of the molecule is COc1ccc(-c2ccc(C=N[C@@H](C)c3ccccc3)cc2)cc1. The molecule has 3 rings (SSSR count). The minimum absolute atomic E-state index is 0.160. The summed E-state index contributed by atoms with van der Waals surface area (Å²) in [5.41, 5.74) is 4.70. The Bertz CT molecular complexity index is 790. The number of ether oxygens (including phenoxy) is 1. The normalized spacial score (nSPS) is 12.2. The van der Waals surface area contributed by atoms with Crippen LogP contribution in [-0.4, -0.2) is 13.3 Å². The molecule has 0 radical (unpaired) electrons. The van der Waals surface area contributed by atoms with Gasteiger partial charge in [-0.3, -0.25) is 4.99 Å². The third-order valence-corrected chi connectivity index (χ3v) is 4.06. The van der Waals surface area contributed by atoms with Crippen LogP contribution in [0, 0.1) is 0 Å². The first-order valence-corrected chi connectivity index (χ1v) is 8.09. The van der Waals surface area contributed by atoms with Crippen molar-refractivity contribution < 1.29 is 4.74 Å². The van der Waals surface area contributed by atoms with Crippen molar-refractivity contribution in [1.29, 1.82) is 0 Å². The average molecular weight is 315 g/mol. The fourth-order valence-corrected chi connectivity index (χ4v) is 2.56. The Morgan fingerprint density at radius 3 is 1.96 bits per heavy atom. The van der Waals surface area contributed by atoms with Crippen LogP contribution in [0.5, 0.6) is 5.75 Å². The molecule has 0 amide bonds.